The first kappa shape index (κ1) is 12.8. The number of aryl methyl sites for hydroxylation is 1. The van der Waals surface area contributed by atoms with Gasteiger partial charge in [-0.05, 0) is 36.8 Å². The van der Waals surface area contributed by atoms with Crippen molar-refractivity contribution in [1.29, 1.82) is 0 Å². The number of nitrogens with zero attached hydrogens (tertiary/aromatic N) is 1. The molecule has 1 heterocycles. The number of benzene rings is 2. The number of hydrogen-bond donors (Lipinski definition) is 0. The van der Waals surface area contributed by atoms with Crippen LogP contribution >= 0.6 is 0 Å². The third-order valence-electron chi connectivity index (χ3n) is 3.23. The van der Waals surface area contributed by atoms with E-state index in [1.165, 1.54) is 0 Å². The zero-order valence-corrected chi connectivity index (χ0v) is 11.8. The minimum atomic E-state index is -3.57. The first-order chi connectivity index (χ1) is 9.59. The van der Waals surface area contributed by atoms with Gasteiger partial charge in [0.2, 0.25) is 9.84 Å². The summed E-state index contributed by atoms with van der Waals surface area (Å²) in [7, 11) is -3.57. The van der Waals surface area contributed by atoms with E-state index in [2.05, 4.69) is 4.98 Å². The maximum Gasteiger partial charge on any atom is 0.224 e. The summed E-state index contributed by atoms with van der Waals surface area (Å²) in [5, 5.41) is 1.02. The second kappa shape index (κ2) is 4.72. The highest BCUT2D eigenvalue weighted by Crippen LogP contribution is 2.24. The zero-order valence-electron chi connectivity index (χ0n) is 10.9. The van der Waals surface area contributed by atoms with Crippen molar-refractivity contribution in [2.24, 2.45) is 0 Å². The van der Waals surface area contributed by atoms with E-state index in [9.17, 15) is 8.42 Å². The van der Waals surface area contributed by atoms with Crippen LogP contribution in [0.1, 0.15) is 5.56 Å². The Bertz CT molecular complexity index is 886. The second-order valence-electron chi connectivity index (χ2n) is 4.61. The Morgan fingerprint density at radius 3 is 2.35 bits per heavy atom. The molecule has 0 amide bonds. The van der Waals surface area contributed by atoms with E-state index in [4.69, 9.17) is 0 Å². The molecule has 0 unspecified atom stereocenters. The van der Waals surface area contributed by atoms with E-state index >= 15 is 0 Å². The summed E-state index contributed by atoms with van der Waals surface area (Å²) in [6, 6.07) is 17.8. The summed E-state index contributed by atoms with van der Waals surface area (Å²) in [4.78, 5) is 4.58. The lowest BCUT2D eigenvalue weighted by Gasteiger charge is -2.07. The summed E-state index contributed by atoms with van der Waals surface area (Å²) >= 11 is 0. The lowest BCUT2D eigenvalue weighted by Crippen LogP contribution is -2.06. The van der Waals surface area contributed by atoms with Crippen molar-refractivity contribution in [1.82, 2.24) is 4.98 Å². The maximum atomic E-state index is 12.6. The molecular weight excluding hydrogens is 270 g/mol. The molecule has 0 aliphatic rings. The van der Waals surface area contributed by atoms with Crippen LogP contribution in [-0.2, 0) is 9.84 Å². The van der Waals surface area contributed by atoms with Crippen LogP contribution in [0.15, 0.2) is 70.6 Å². The molecule has 4 heteroatoms. The van der Waals surface area contributed by atoms with Crippen molar-refractivity contribution in [3.63, 3.8) is 0 Å². The van der Waals surface area contributed by atoms with Crippen LogP contribution in [0.4, 0.5) is 0 Å². The van der Waals surface area contributed by atoms with Crippen LogP contribution in [0.2, 0.25) is 0 Å². The first-order valence-corrected chi connectivity index (χ1v) is 7.74. The van der Waals surface area contributed by atoms with Gasteiger partial charge in [0.05, 0.1) is 10.4 Å². The summed E-state index contributed by atoms with van der Waals surface area (Å²) in [5.41, 5.74) is 1.41. The maximum absolute atomic E-state index is 12.6. The molecule has 0 fully saturated rings. The van der Waals surface area contributed by atoms with Gasteiger partial charge in [-0.1, -0.05) is 36.4 Å². The lowest BCUT2D eigenvalue weighted by atomic mass is 10.2. The fraction of sp³-hybridized carbons (Fsp3) is 0.0625. The van der Waals surface area contributed by atoms with Crippen molar-refractivity contribution in [2.45, 2.75) is 16.8 Å². The zero-order chi connectivity index (χ0) is 14.2. The quantitative estimate of drug-likeness (QED) is 0.724. The Kier molecular flexibility index (Phi) is 3.03. The fourth-order valence-electron chi connectivity index (χ4n) is 2.17. The number of pyridine rings is 1. The molecule has 3 aromatic rings. The molecule has 2 aromatic carbocycles. The van der Waals surface area contributed by atoms with Gasteiger partial charge in [-0.3, -0.25) is 0 Å². The smallest absolute Gasteiger partial charge is 0.224 e. The average molecular weight is 283 g/mol. The normalized spacial score (nSPS) is 11.7. The van der Waals surface area contributed by atoms with Crippen LogP contribution in [0.25, 0.3) is 10.9 Å². The molecule has 0 bridgehead atoms. The molecule has 0 spiro atoms. The average Bonchev–Trinajstić information content (AvgIpc) is 2.47. The van der Waals surface area contributed by atoms with Crippen molar-refractivity contribution in [3.05, 3.63) is 66.2 Å². The SMILES string of the molecule is Cc1ccccc1S(=O)(=O)c1ccc2ccccc2n1. The highest BCUT2D eigenvalue weighted by Gasteiger charge is 2.21. The van der Waals surface area contributed by atoms with Gasteiger partial charge in [-0.15, -0.1) is 0 Å². The molecular formula is C16H13NO2S. The molecule has 0 N–H and O–H groups in total. The first-order valence-electron chi connectivity index (χ1n) is 6.25. The van der Waals surface area contributed by atoms with Gasteiger partial charge in [-0.25, -0.2) is 13.4 Å². The summed E-state index contributed by atoms with van der Waals surface area (Å²) in [5.74, 6) is 0. The molecule has 1 aromatic heterocycles. The van der Waals surface area contributed by atoms with E-state index < -0.39 is 9.84 Å². The highest BCUT2D eigenvalue weighted by atomic mass is 32.2. The monoisotopic (exact) mass is 283 g/mol. The van der Waals surface area contributed by atoms with Crippen LogP contribution in [-0.4, -0.2) is 13.4 Å². The molecule has 0 atom stereocenters. The van der Waals surface area contributed by atoms with Gasteiger partial charge in [0.25, 0.3) is 0 Å². The van der Waals surface area contributed by atoms with Gasteiger partial charge >= 0.3 is 0 Å². The van der Waals surface area contributed by atoms with Gasteiger partial charge in [-0.2, -0.15) is 0 Å². The summed E-state index contributed by atoms with van der Waals surface area (Å²) < 4.78 is 25.3. The predicted molar refractivity (Wildman–Crippen MR) is 78.4 cm³/mol. The molecule has 3 nitrogen and oxygen atoms in total. The Morgan fingerprint density at radius 1 is 0.850 bits per heavy atom. The number of fused-ring (bicyclic) bond motifs is 1. The largest absolute Gasteiger partial charge is 0.236 e. The van der Waals surface area contributed by atoms with Crippen molar-refractivity contribution in [2.75, 3.05) is 0 Å². The van der Waals surface area contributed by atoms with Gasteiger partial charge < -0.3 is 0 Å². The number of rotatable bonds is 2. The number of para-hydroxylation sites is 1. The van der Waals surface area contributed by atoms with Gasteiger partial charge in [0.1, 0.15) is 0 Å². The second-order valence-corrected chi connectivity index (χ2v) is 6.48. The fourth-order valence-corrected chi connectivity index (χ4v) is 3.61. The summed E-state index contributed by atoms with van der Waals surface area (Å²) in [6.07, 6.45) is 0. The number of hydrogen-bond acceptors (Lipinski definition) is 3. The molecule has 3 rings (SSSR count). The molecule has 0 aliphatic heterocycles. The van der Waals surface area contributed by atoms with Crippen molar-refractivity contribution in [3.8, 4) is 0 Å². The van der Waals surface area contributed by atoms with Crippen LogP contribution in [0.5, 0.6) is 0 Å². The molecule has 20 heavy (non-hydrogen) atoms. The minimum Gasteiger partial charge on any atom is -0.236 e. The third kappa shape index (κ3) is 2.08. The highest BCUT2D eigenvalue weighted by molar-refractivity contribution is 7.91. The van der Waals surface area contributed by atoms with Crippen LogP contribution in [0, 0.1) is 6.92 Å². The Morgan fingerprint density at radius 2 is 1.55 bits per heavy atom. The Hall–Kier alpha value is -2.20. The molecule has 100 valence electrons. The van der Waals surface area contributed by atoms with E-state index in [1.54, 1.807) is 37.3 Å². The molecule has 0 saturated carbocycles. The number of sulfone groups is 1. The topological polar surface area (TPSA) is 47.0 Å². The van der Waals surface area contributed by atoms with E-state index in [0.717, 1.165) is 10.9 Å². The van der Waals surface area contributed by atoms with Crippen molar-refractivity contribution < 1.29 is 8.42 Å². The molecule has 0 saturated heterocycles. The molecule has 0 radical (unpaired) electrons. The Labute approximate surface area is 117 Å². The van der Waals surface area contributed by atoms with Crippen LogP contribution < -0.4 is 0 Å². The van der Waals surface area contributed by atoms with Gasteiger partial charge in [0, 0.05) is 5.39 Å². The Balaban J connectivity index is 2.22. The van der Waals surface area contributed by atoms with Crippen molar-refractivity contribution >= 4 is 20.7 Å². The van der Waals surface area contributed by atoms with E-state index in [1.807, 2.05) is 30.3 Å². The predicted octanol–water partition coefficient (Wildman–Crippen LogP) is 3.38. The molecule has 0 aliphatic carbocycles. The standard InChI is InChI=1S/C16H13NO2S/c1-12-6-2-5-9-15(12)20(18,19)16-11-10-13-7-3-4-8-14(13)17-16/h2-11H,1H3. The minimum absolute atomic E-state index is 0.0884. The number of aromatic nitrogens is 1. The van der Waals surface area contributed by atoms with E-state index in [0.29, 0.717) is 10.4 Å². The lowest BCUT2D eigenvalue weighted by molar-refractivity contribution is 0.592. The van der Waals surface area contributed by atoms with E-state index in [-0.39, 0.29) is 5.03 Å². The third-order valence-corrected chi connectivity index (χ3v) is 5.05. The van der Waals surface area contributed by atoms with Crippen LogP contribution in [0.3, 0.4) is 0 Å². The van der Waals surface area contributed by atoms with Gasteiger partial charge in [0.15, 0.2) is 5.03 Å². The summed E-state index contributed by atoms with van der Waals surface area (Å²) in [6.45, 7) is 1.79.